The van der Waals surface area contributed by atoms with Crippen molar-refractivity contribution in [2.75, 3.05) is 0 Å². The number of hydrogen-bond acceptors (Lipinski definition) is 31. The molecular formula is C24H20O31Pb3Zr3. The van der Waals surface area contributed by atoms with Crippen molar-refractivity contribution in [1.82, 2.24) is 0 Å². The number of carboxylic acids is 12. The molecule has 0 saturated carbocycles. The van der Waals surface area contributed by atoms with Crippen molar-refractivity contribution in [2.45, 2.75) is 73.8 Å². The Labute approximate surface area is 443 Å². The van der Waals surface area contributed by atoms with Crippen molar-refractivity contribution in [1.29, 1.82) is 0 Å². The summed E-state index contributed by atoms with van der Waals surface area (Å²) in [6, 6.07) is 0. The van der Waals surface area contributed by atoms with Gasteiger partial charge >= 0.3 is 165 Å². The second kappa shape index (κ2) is 43.5. The van der Waals surface area contributed by atoms with E-state index < -0.39 is 145 Å². The van der Waals surface area contributed by atoms with E-state index in [1.54, 1.807) is 0 Å². The van der Waals surface area contributed by atoms with Gasteiger partial charge in [0, 0.05) is 99.1 Å². The van der Waals surface area contributed by atoms with E-state index in [0.29, 0.717) is 74.2 Å². The van der Waals surface area contributed by atoms with Crippen LogP contribution in [0.3, 0.4) is 0 Å². The second-order valence-corrected chi connectivity index (χ2v) is 9.67. The topological polar surface area (TPSA) is 614 Å². The summed E-state index contributed by atoms with van der Waals surface area (Å²) in [5.74, 6) is -23.9. The Balaban J connectivity index is -0.0000000670. The van der Waals surface area contributed by atoms with E-state index in [4.69, 9.17) is 28.9 Å². The summed E-state index contributed by atoms with van der Waals surface area (Å²) in [6.45, 7) is 0. The number of rotatable bonds is 20. The molecule has 0 aliphatic carbocycles. The van der Waals surface area contributed by atoms with E-state index >= 15 is 0 Å². The average Bonchev–Trinajstić information content (AvgIpc) is 3.01. The van der Waals surface area contributed by atoms with Crippen LogP contribution in [0.4, 0.5) is 0 Å². The maximum Gasteiger partial charge on any atom is 2.00 e. The molecule has 0 spiro atoms. The van der Waals surface area contributed by atoms with Crippen LogP contribution in [-0.2, 0) is 140 Å². The van der Waals surface area contributed by atoms with Crippen molar-refractivity contribution in [2.24, 2.45) is 0 Å². The molecule has 31 nitrogen and oxygen atoms in total. The molecule has 0 amide bonds. The SMILES string of the molecule is O=C([O-])CC(O)(CC(=O)[O-])C(=O)[O-].O=C([O-])CC(O)(CC(=O)[O-])C(=O)[O-].O=C([O-])CC(O)(CC(=O)[O-])C(=O)[O-].O=C([O-])CC(O)(CC(=O)[O-])C(=O)[O-].[O]=[Zr+2].[O]=[Zr+2].[O]=[Zr+2].[Pb+2].[Pb+2].[Pb+2]. The van der Waals surface area contributed by atoms with E-state index in [1.165, 1.54) is 0 Å². The molecule has 0 atom stereocenters. The van der Waals surface area contributed by atoms with Crippen LogP contribution >= 0.6 is 0 Å². The maximum absolute atomic E-state index is 10.1. The number of aliphatic carboxylic acids is 12. The van der Waals surface area contributed by atoms with Crippen molar-refractivity contribution in [3.8, 4) is 0 Å². The molecule has 6 radical (unpaired) electrons. The third-order valence-electron chi connectivity index (χ3n) is 5.01. The van der Waals surface area contributed by atoms with E-state index in [1.807, 2.05) is 0 Å². The Morgan fingerprint density at radius 2 is 0.328 bits per heavy atom. The van der Waals surface area contributed by atoms with Gasteiger partial charge in [-0.25, -0.2) is 0 Å². The third kappa shape index (κ3) is 47.6. The minimum Gasteiger partial charge on any atom is 2.00 e. The van der Waals surface area contributed by atoms with Crippen molar-refractivity contribution < 1.29 is 222 Å². The first-order valence-electron chi connectivity index (χ1n) is 13.1. The van der Waals surface area contributed by atoms with Crippen LogP contribution in [0.5, 0.6) is 0 Å². The maximum atomic E-state index is 10.1. The number of hydrogen-bond donors (Lipinski definition) is 4. The van der Waals surface area contributed by atoms with Gasteiger partial charge in [0.05, 0.1) is 23.9 Å². The number of carbonyl (C=O) groups is 12. The van der Waals surface area contributed by atoms with Crippen LogP contribution in [0.2, 0.25) is 0 Å². The minimum absolute atomic E-state index is 0. The summed E-state index contributed by atoms with van der Waals surface area (Å²) in [7, 11) is 0. The Bertz CT molecular complexity index is 1200. The molecule has 0 aromatic rings. The van der Waals surface area contributed by atoms with Crippen LogP contribution in [0.25, 0.3) is 0 Å². The van der Waals surface area contributed by atoms with Crippen LogP contribution in [0, 0.1) is 0 Å². The van der Waals surface area contributed by atoms with E-state index in [9.17, 15) is 119 Å². The predicted molar refractivity (Wildman–Crippen MR) is 136 cm³/mol. The van der Waals surface area contributed by atoms with Gasteiger partial charge in [0.15, 0.2) is 0 Å². The summed E-state index contributed by atoms with van der Waals surface area (Å²) in [6.07, 6.45) is -10.9. The van der Waals surface area contributed by atoms with Crippen molar-refractivity contribution in [3.63, 3.8) is 0 Å². The van der Waals surface area contributed by atoms with Gasteiger partial charge in [0.1, 0.15) is 22.4 Å². The molecule has 4 N–H and O–H groups in total. The van der Waals surface area contributed by atoms with Gasteiger partial charge < -0.3 is 139 Å². The minimum atomic E-state index is -2.97. The molecular weight excluding hydrogens is 1680 g/mol. The second-order valence-electron chi connectivity index (χ2n) is 9.67. The van der Waals surface area contributed by atoms with Gasteiger partial charge in [0.2, 0.25) is 0 Å². The van der Waals surface area contributed by atoms with Crippen LogP contribution in [0.15, 0.2) is 0 Å². The number of carbonyl (C=O) groups excluding carboxylic acids is 12. The molecule has 0 fully saturated rings. The standard InChI is InChI=1S/4C6H8O7.3O.3Pb.3Zr/c4*7-3(8)1-6(13,5(11)12)2-4(9)10;;;;;;;;;/h4*13H,1-2H2,(H,7,8)(H,9,10)(H,11,12);;;;;;;;;/q;;;;;;;6*+2/p-12. The summed E-state index contributed by atoms with van der Waals surface area (Å²) in [5.41, 5.74) is -11.9. The zero-order valence-corrected chi connectivity index (χ0v) is 48.5. The Morgan fingerprint density at radius 1 is 0.262 bits per heavy atom. The van der Waals surface area contributed by atoms with Gasteiger partial charge in [0.25, 0.3) is 0 Å². The largest absolute Gasteiger partial charge is 2.00 e. The van der Waals surface area contributed by atoms with Crippen molar-refractivity contribution in [3.05, 3.63) is 0 Å². The molecule has 0 heterocycles. The fourth-order valence-electron chi connectivity index (χ4n) is 2.74. The molecule has 0 saturated heterocycles. The molecule has 326 valence electrons. The Kier molecular flexibility index (Phi) is 59.2. The molecule has 0 rings (SSSR count). The van der Waals surface area contributed by atoms with Gasteiger partial charge in [-0.3, -0.25) is 0 Å². The number of carboxylic acid groups (broad SMARTS) is 12. The Morgan fingerprint density at radius 3 is 0.361 bits per heavy atom. The van der Waals surface area contributed by atoms with Crippen LogP contribution in [0.1, 0.15) is 51.4 Å². The van der Waals surface area contributed by atoms with Gasteiger partial charge in [-0.2, -0.15) is 0 Å². The third-order valence-corrected chi connectivity index (χ3v) is 5.01. The van der Waals surface area contributed by atoms with E-state index in [0.717, 1.165) is 0 Å². The van der Waals surface area contributed by atoms with Crippen molar-refractivity contribution >= 4 is 154 Å². The number of aliphatic hydroxyl groups is 4. The Hall–Kier alpha value is -1.70. The van der Waals surface area contributed by atoms with Gasteiger partial charge in [-0.15, -0.1) is 0 Å². The smallest absolute Gasteiger partial charge is 2.00 e. The van der Waals surface area contributed by atoms with Crippen LogP contribution in [-0.4, -0.2) is 196 Å². The molecule has 37 heteroatoms. The zero-order valence-electron chi connectivity index (χ0n) is 29.5. The fraction of sp³-hybridized carbons (Fsp3) is 0.500. The molecule has 0 aliphatic rings. The summed E-state index contributed by atoms with van der Waals surface area (Å²) < 4.78 is 25.0. The molecule has 0 aromatic carbocycles. The average molecular weight is 1700 g/mol. The molecule has 0 unspecified atom stereocenters. The monoisotopic (exact) mass is 1700 g/mol. The molecule has 0 bridgehead atoms. The quantitative estimate of drug-likeness (QED) is 0.0822. The summed E-state index contributed by atoms with van der Waals surface area (Å²) >= 11 is 0.900. The zero-order chi connectivity index (χ0) is 48.6. The first kappa shape index (κ1) is 82.9. The first-order valence-corrected chi connectivity index (χ1v) is 16.1. The molecule has 61 heavy (non-hydrogen) atoms. The predicted octanol–water partition coefficient (Wildman–Crippen LogP) is -22.5. The fourth-order valence-corrected chi connectivity index (χ4v) is 2.74. The van der Waals surface area contributed by atoms with Crippen LogP contribution < -0.4 is 61.3 Å². The first-order chi connectivity index (χ1) is 26.1. The van der Waals surface area contributed by atoms with Gasteiger partial charge in [-0.1, -0.05) is 0 Å². The molecule has 0 aliphatic heterocycles. The van der Waals surface area contributed by atoms with E-state index in [-0.39, 0.29) is 81.9 Å². The summed E-state index contributed by atoms with van der Waals surface area (Å²) in [4.78, 5) is 120. The van der Waals surface area contributed by atoms with Gasteiger partial charge in [-0.05, 0) is 0 Å². The normalized spacial score (nSPS) is 9.54. The van der Waals surface area contributed by atoms with E-state index in [2.05, 4.69) is 0 Å². The summed E-state index contributed by atoms with van der Waals surface area (Å²) in [5, 5.41) is 156. The molecule has 0 aromatic heterocycles.